The summed E-state index contributed by atoms with van der Waals surface area (Å²) in [5, 5.41) is 0. The predicted octanol–water partition coefficient (Wildman–Crippen LogP) is -0.723. The second kappa shape index (κ2) is 6.48. The van der Waals surface area contributed by atoms with Crippen molar-refractivity contribution in [1.29, 1.82) is 0 Å². The molecule has 0 saturated heterocycles. The van der Waals surface area contributed by atoms with Crippen LogP contribution in [-0.4, -0.2) is 13.1 Å². The maximum Gasteiger partial charge on any atom is 0.344 e. The number of ether oxygens (including phenoxy) is 1. The number of rotatable bonds is 2. The molecule has 0 aliphatic rings. The van der Waals surface area contributed by atoms with Crippen LogP contribution >= 0.6 is 0 Å². The lowest BCUT2D eigenvalue weighted by Crippen LogP contribution is -3.00. The summed E-state index contributed by atoms with van der Waals surface area (Å²) in [4.78, 5) is 11.8. The number of methoxy groups -OCH3 is 1. The monoisotopic (exact) mass is 321 g/mol. The first-order chi connectivity index (χ1) is 8.63. The Morgan fingerprint density at radius 1 is 1.16 bits per heavy atom. The minimum absolute atomic E-state index is 0. The number of nitrogens with zero attached hydrogens (tertiary/aromatic N) is 1. The number of aryl methyl sites for hydroxylation is 2. The molecule has 0 saturated carbocycles. The molecule has 4 heteroatoms. The molecule has 2 aromatic rings. The summed E-state index contributed by atoms with van der Waals surface area (Å²) >= 11 is 0. The maximum atomic E-state index is 11.8. The van der Waals surface area contributed by atoms with Gasteiger partial charge in [0, 0.05) is 11.6 Å². The molecule has 1 aromatic heterocycles. The Hall–Kier alpha value is -1.68. The summed E-state index contributed by atoms with van der Waals surface area (Å²) in [5.41, 5.74) is 3.67. The number of hydrogen-bond acceptors (Lipinski definition) is 2. The van der Waals surface area contributed by atoms with Crippen LogP contribution in [0.25, 0.3) is 11.1 Å². The highest BCUT2D eigenvalue weighted by Crippen LogP contribution is 2.26. The zero-order valence-electron chi connectivity index (χ0n) is 11.2. The van der Waals surface area contributed by atoms with E-state index in [1.54, 1.807) is 6.20 Å². The molecule has 1 aromatic carbocycles. The van der Waals surface area contributed by atoms with E-state index in [1.807, 2.05) is 55.1 Å². The molecule has 0 atom stereocenters. The van der Waals surface area contributed by atoms with E-state index in [0.717, 1.165) is 16.7 Å². The van der Waals surface area contributed by atoms with Crippen molar-refractivity contribution in [2.75, 3.05) is 7.11 Å². The zero-order valence-corrected chi connectivity index (χ0v) is 12.8. The lowest BCUT2D eigenvalue weighted by molar-refractivity contribution is -0.671. The number of aromatic nitrogens is 1. The zero-order chi connectivity index (χ0) is 13.1. The van der Waals surface area contributed by atoms with Crippen molar-refractivity contribution in [1.82, 2.24) is 0 Å². The van der Waals surface area contributed by atoms with Crippen molar-refractivity contribution in [3.8, 4) is 11.1 Å². The molecule has 0 spiro atoms. The van der Waals surface area contributed by atoms with E-state index in [4.69, 9.17) is 4.74 Å². The van der Waals surface area contributed by atoms with Crippen molar-refractivity contribution in [2.45, 2.75) is 6.92 Å². The molecular weight excluding hydrogens is 306 g/mol. The fourth-order valence-corrected chi connectivity index (χ4v) is 1.98. The Morgan fingerprint density at radius 2 is 1.84 bits per heavy atom. The first-order valence-electron chi connectivity index (χ1n) is 5.77. The first-order valence-corrected chi connectivity index (χ1v) is 5.77. The van der Waals surface area contributed by atoms with Gasteiger partial charge < -0.3 is 21.7 Å². The largest absolute Gasteiger partial charge is 1.00 e. The van der Waals surface area contributed by atoms with Crippen LogP contribution in [0.3, 0.4) is 0 Å². The Morgan fingerprint density at radius 3 is 2.47 bits per heavy atom. The fraction of sp³-hybridized carbons (Fsp3) is 0.200. The minimum atomic E-state index is -0.315. The molecule has 100 valence electrons. The summed E-state index contributed by atoms with van der Waals surface area (Å²) in [6, 6.07) is 9.94. The van der Waals surface area contributed by atoms with Crippen LogP contribution in [0.2, 0.25) is 0 Å². The molecule has 19 heavy (non-hydrogen) atoms. The normalized spacial score (nSPS) is 9.63. The average Bonchev–Trinajstić information content (AvgIpc) is 2.39. The number of benzene rings is 1. The highest BCUT2D eigenvalue weighted by molar-refractivity contribution is 5.96. The topological polar surface area (TPSA) is 30.2 Å². The van der Waals surface area contributed by atoms with Crippen molar-refractivity contribution in [3.63, 3.8) is 0 Å². The summed E-state index contributed by atoms with van der Waals surface area (Å²) in [7, 11) is 3.28. The predicted molar refractivity (Wildman–Crippen MR) is 69.1 cm³/mol. The Balaban J connectivity index is 0.00000180. The number of pyridine rings is 1. The van der Waals surface area contributed by atoms with Crippen LogP contribution in [0.1, 0.15) is 15.9 Å². The van der Waals surface area contributed by atoms with E-state index in [9.17, 15) is 4.79 Å². The van der Waals surface area contributed by atoms with Gasteiger partial charge in [0.15, 0.2) is 12.4 Å². The van der Waals surface area contributed by atoms with Crippen molar-refractivity contribution in [2.24, 2.45) is 7.05 Å². The second-order valence-corrected chi connectivity index (χ2v) is 4.24. The molecule has 0 fully saturated rings. The minimum Gasteiger partial charge on any atom is -1.00 e. The summed E-state index contributed by atoms with van der Waals surface area (Å²) < 4.78 is 6.68. The molecule has 0 amide bonds. The third kappa shape index (κ3) is 3.20. The van der Waals surface area contributed by atoms with Gasteiger partial charge in [-0.1, -0.05) is 24.3 Å². The maximum absolute atomic E-state index is 11.8. The Bertz CT molecular complexity index is 596. The summed E-state index contributed by atoms with van der Waals surface area (Å²) in [6.45, 7) is 2.03. The average molecular weight is 322 g/mol. The number of carbonyl (C=O) groups excluding carboxylic acids is 1. The number of carbonyl (C=O) groups is 1. The van der Waals surface area contributed by atoms with Gasteiger partial charge in [-0.15, -0.1) is 0 Å². The van der Waals surface area contributed by atoms with Gasteiger partial charge in [0.2, 0.25) is 0 Å². The quantitative estimate of drug-likeness (QED) is 0.540. The number of halogens is 1. The molecule has 0 unspecified atom stereocenters. The lowest BCUT2D eigenvalue weighted by Gasteiger charge is -2.08. The van der Waals surface area contributed by atoms with Crippen LogP contribution < -0.4 is 21.5 Å². The van der Waals surface area contributed by atoms with Crippen molar-refractivity contribution in [3.05, 3.63) is 53.9 Å². The van der Waals surface area contributed by atoms with E-state index in [-0.39, 0.29) is 23.0 Å². The van der Waals surface area contributed by atoms with E-state index in [0.29, 0.717) is 5.56 Å². The van der Waals surface area contributed by atoms with Gasteiger partial charge in [-0.2, -0.15) is 0 Å². The molecule has 0 aliphatic carbocycles. The van der Waals surface area contributed by atoms with Crippen molar-refractivity contribution < 1.29 is 31.1 Å². The second-order valence-electron chi connectivity index (χ2n) is 4.24. The summed E-state index contributed by atoms with van der Waals surface area (Å²) in [5.74, 6) is -0.315. The first kappa shape index (κ1) is 15.4. The van der Waals surface area contributed by atoms with E-state index in [1.165, 1.54) is 7.11 Å². The van der Waals surface area contributed by atoms with Gasteiger partial charge in [-0.25, -0.2) is 9.36 Å². The van der Waals surface area contributed by atoms with Gasteiger partial charge in [0.1, 0.15) is 12.6 Å². The SMILES string of the molecule is COC(=O)c1c[n+](C)ccc1-c1ccccc1C.[Br-]. The van der Waals surface area contributed by atoms with Crippen LogP contribution in [0.15, 0.2) is 42.7 Å². The van der Waals surface area contributed by atoms with E-state index >= 15 is 0 Å². The number of esters is 1. The molecule has 0 radical (unpaired) electrons. The van der Waals surface area contributed by atoms with Crippen LogP contribution in [0, 0.1) is 6.92 Å². The summed E-state index contributed by atoms with van der Waals surface area (Å²) in [6.07, 6.45) is 3.71. The third-order valence-electron chi connectivity index (χ3n) is 2.94. The van der Waals surface area contributed by atoms with Gasteiger partial charge in [0.05, 0.1) is 7.11 Å². The molecule has 1 heterocycles. The molecule has 0 bridgehead atoms. The molecule has 0 N–H and O–H groups in total. The standard InChI is InChI=1S/C15H16NO2.BrH/c1-11-6-4-5-7-12(11)13-8-9-16(2)10-14(13)15(17)18-3;/h4-10H,1-3H3;1H/q+1;/p-1. The Labute approximate surface area is 123 Å². The molecule has 2 rings (SSSR count). The highest BCUT2D eigenvalue weighted by Gasteiger charge is 2.18. The third-order valence-corrected chi connectivity index (χ3v) is 2.94. The molecular formula is C15H16BrNO2. The van der Waals surface area contributed by atoms with Crippen LogP contribution in [0.4, 0.5) is 0 Å². The van der Waals surface area contributed by atoms with Crippen LogP contribution in [-0.2, 0) is 11.8 Å². The van der Waals surface area contributed by atoms with E-state index < -0.39 is 0 Å². The Kier molecular flexibility index (Phi) is 5.24. The molecule has 3 nitrogen and oxygen atoms in total. The van der Waals surface area contributed by atoms with Gasteiger partial charge in [-0.05, 0) is 18.1 Å². The van der Waals surface area contributed by atoms with Crippen LogP contribution in [0.5, 0.6) is 0 Å². The number of hydrogen-bond donors (Lipinski definition) is 0. The van der Waals surface area contributed by atoms with Crippen molar-refractivity contribution >= 4 is 5.97 Å². The fourth-order valence-electron chi connectivity index (χ4n) is 1.98. The smallest absolute Gasteiger partial charge is 0.344 e. The molecule has 0 aliphatic heterocycles. The highest BCUT2D eigenvalue weighted by atomic mass is 79.9. The van der Waals surface area contributed by atoms with Gasteiger partial charge in [0.25, 0.3) is 0 Å². The van der Waals surface area contributed by atoms with E-state index in [2.05, 4.69) is 0 Å². The lowest BCUT2D eigenvalue weighted by atomic mass is 9.97. The van der Waals surface area contributed by atoms with Gasteiger partial charge >= 0.3 is 5.97 Å². The van der Waals surface area contributed by atoms with Gasteiger partial charge in [-0.3, -0.25) is 0 Å².